The number of hydrogen-bond acceptors (Lipinski definition) is 4. The number of carbonyl (C=O) groups is 2. The maximum atomic E-state index is 13.2. The molecular formula is C25H32N4O3. The van der Waals surface area contributed by atoms with Crippen LogP contribution in [0.3, 0.4) is 0 Å². The number of nitrogens with zero attached hydrogens (tertiary/aromatic N) is 3. The van der Waals surface area contributed by atoms with Crippen molar-refractivity contribution in [3.8, 4) is 5.75 Å². The van der Waals surface area contributed by atoms with Crippen molar-refractivity contribution in [2.45, 2.75) is 59.3 Å². The molecule has 1 heterocycles. The van der Waals surface area contributed by atoms with E-state index in [4.69, 9.17) is 9.72 Å². The van der Waals surface area contributed by atoms with Gasteiger partial charge in [0, 0.05) is 12.1 Å². The lowest BCUT2D eigenvalue weighted by molar-refractivity contribution is -0.135. The lowest BCUT2D eigenvalue weighted by Crippen LogP contribution is -2.44. The van der Waals surface area contributed by atoms with Crippen molar-refractivity contribution in [3.05, 3.63) is 60.4 Å². The number of carbonyl (C=O) groups excluding carboxylic acids is 2. The number of aromatic nitrogens is 2. The summed E-state index contributed by atoms with van der Waals surface area (Å²) in [6.45, 7) is 9.99. The number of benzene rings is 2. The molecule has 7 nitrogen and oxygen atoms in total. The van der Waals surface area contributed by atoms with Gasteiger partial charge in [-0.3, -0.25) is 9.59 Å². The van der Waals surface area contributed by atoms with Crippen LogP contribution >= 0.6 is 0 Å². The zero-order valence-corrected chi connectivity index (χ0v) is 19.4. The van der Waals surface area contributed by atoms with Crippen LogP contribution in [0.1, 0.15) is 46.5 Å². The summed E-state index contributed by atoms with van der Waals surface area (Å²) in [5, 5.41) is 2.94. The van der Waals surface area contributed by atoms with Crippen molar-refractivity contribution in [1.82, 2.24) is 19.8 Å². The van der Waals surface area contributed by atoms with Crippen molar-refractivity contribution in [3.63, 3.8) is 0 Å². The summed E-state index contributed by atoms with van der Waals surface area (Å²) in [6.07, 6.45) is 0. The van der Waals surface area contributed by atoms with Gasteiger partial charge < -0.3 is 19.5 Å². The largest absolute Gasteiger partial charge is 0.484 e. The number of rotatable bonds is 9. The topological polar surface area (TPSA) is 76.5 Å². The fourth-order valence-corrected chi connectivity index (χ4v) is 3.99. The fourth-order valence-electron chi connectivity index (χ4n) is 3.99. The third-order valence-corrected chi connectivity index (χ3v) is 5.26. The number of ether oxygens (including phenoxy) is 1. The highest BCUT2D eigenvalue weighted by molar-refractivity contribution is 5.82. The summed E-state index contributed by atoms with van der Waals surface area (Å²) < 4.78 is 7.44. The molecule has 1 N–H and O–H groups in total. The van der Waals surface area contributed by atoms with Gasteiger partial charge in [0.15, 0.2) is 6.61 Å². The van der Waals surface area contributed by atoms with E-state index in [1.165, 1.54) is 0 Å². The maximum absolute atomic E-state index is 13.2. The van der Waals surface area contributed by atoms with Crippen molar-refractivity contribution >= 4 is 22.8 Å². The summed E-state index contributed by atoms with van der Waals surface area (Å²) in [5.41, 5.74) is 1.66. The smallest absolute Gasteiger partial charge is 0.258 e. The van der Waals surface area contributed by atoms with Crippen molar-refractivity contribution in [2.24, 2.45) is 0 Å². The number of amides is 2. The Bertz CT molecular complexity index is 1050. The van der Waals surface area contributed by atoms with Crippen LogP contribution in [0.15, 0.2) is 54.6 Å². The summed E-state index contributed by atoms with van der Waals surface area (Å²) in [5.74, 6) is 1.04. The van der Waals surface area contributed by atoms with Gasteiger partial charge in [0.05, 0.1) is 17.1 Å². The molecule has 0 aliphatic heterocycles. The monoisotopic (exact) mass is 436 g/mol. The molecule has 170 valence electrons. The summed E-state index contributed by atoms with van der Waals surface area (Å²) >= 11 is 0. The summed E-state index contributed by atoms with van der Waals surface area (Å²) in [6, 6.07) is 16.7. The van der Waals surface area contributed by atoms with Crippen LogP contribution in [0.25, 0.3) is 11.0 Å². The number of hydrogen-bond donors (Lipinski definition) is 1. The van der Waals surface area contributed by atoms with E-state index in [1.54, 1.807) is 12.1 Å². The van der Waals surface area contributed by atoms with E-state index < -0.39 is 6.04 Å². The maximum Gasteiger partial charge on any atom is 0.258 e. The van der Waals surface area contributed by atoms with Gasteiger partial charge in [-0.1, -0.05) is 30.3 Å². The summed E-state index contributed by atoms with van der Waals surface area (Å²) in [4.78, 5) is 32.2. The Morgan fingerprint density at radius 1 is 0.969 bits per heavy atom. The van der Waals surface area contributed by atoms with Crippen LogP contribution in [0, 0.1) is 0 Å². The van der Waals surface area contributed by atoms with Gasteiger partial charge in [0.2, 0.25) is 5.91 Å². The second kappa shape index (κ2) is 10.3. The second-order valence-corrected chi connectivity index (χ2v) is 8.42. The van der Waals surface area contributed by atoms with E-state index in [9.17, 15) is 9.59 Å². The Kier molecular flexibility index (Phi) is 7.51. The van der Waals surface area contributed by atoms with Crippen LogP contribution < -0.4 is 10.1 Å². The standard InChI is InChI=1S/C25H32N4O3/c1-17(2)29(18(3)4)24(31)15-28-22-14-10-9-13-21(22)27-25(28)19(5)26-23(30)16-32-20-11-7-6-8-12-20/h6-14,17-19H,15-16H2,1-5H3,(H,26,30). The molecule has 0 fully saturated rings. The Morgan fingerprint density at radius 2 is 1.59 bits per heavy atom. The molecule has 0 bridgehead atoms. The van der Waals surface area contributed by atoms with Gasteiger partial charge in [0.1, 0.15) is 18.1 Å². The molecule has 0 aliphatic carbocycles. The first-order valence-electron chi connectivity index (χ1n) is 11.0. The van der Waals surface area contributed by atoms with E-state index in [1.807, 2.05) is 86.6 Å². The second-order valence-electron chi connectivity index (χ2n) is 8.42. The molecule has 0 radical (unpaired) electrons. The molecule has 2 amide bonds. The minimum absolute atomic E-state index is 0.0188. The van der Waals surface area contributed by atoms with Crippen LogP contribution in [-0.2, 0) is 16.1 Å². The van der Waals surface area contributed by atoms with E-state index >= 15 is 0 Å². The molecule has 1 atom stereocenters. The average Bonchev–Trinajstić information content (AvgIpc) is 3.11. The highest BCUT2D eigenvalue weighted by Gasteiger charge is 2.24. The Morgan fingerprint density at radius 3 is 2.25 bits per heavy atom. The van der Waals surface area contributed by atoms with Crippen molar-refractivity contribution in [1.29, 1.82) is 0 Å². The summed E-state index contributed by atoms with van der Waals surface area (Å²) in [7, 11) is 0. The molecule has 0 spiro atoms. The Labute approximate surface area is 189 Å². The van der Waals surface area contributed by atoms with Gasteiger partial charge in [-0.05, 0) is 58.9 Å². The highest BCUT2D eigenvalue weighted by atomic mass is 16.5. The zero-order chi connectivity index (χ0) is 23.3. The average molecular weight is 437 g/mol. The highest BCUT2D eigenvalue weighted by Crippen LogP contribution is 2.22. The van der Waals surface area contributed by atoms with E-state index in [0.717, 1.165) is 11.0 Å². The predicted octanol–water partition coefficient (Wildman–Crippen LogP) is 3.94. The van der Waals surface area contributed by atoms with Crippen molar-refractivity contribution in [2.75, 3.05) is 6.61 Å². The fraction of sp³-hybridized carbons (Fsp3) is 0.400. The van der Waals surface area contributed by atoms with E-state index in [0.29, 0.717) is 11.6 Å². The van der Waals surface area contributed by atoms with Crippen LogP contribution in [0.5, 0.6) is 5.75 Å². The molecule has 3 aromatic rings. The van der Waals surface area contributed by atoms with Crippen LogP contribution in [-0.4, -0.2) is 45.0 Å². The molecule has 2 aromatic carbocycles. The molecule has 3 rings (SSSR count). The van der Waals surface area contributed by atoms with Gasteiger partial charge in [-0.15, -0.1) is 0 Å². The predicted molar refractivity (Wildman–Crippen MR) is 125 cm³/mol. The SMILES string of the molecule is CC(NC(=O)COc1ccccc1)c1nc2ccccc2n1CC(=O)N(C(C)C)C(C)C. The normalized spacial score (nSPS) is 12.2. The third-order valence-electron chi connectivity index (χ3n) is 5.26. The lowest BCUT2D eigenvalue weighted by atomic mass is 10.2. The first kappa shape index (κ1) is 23.3. The number of imidazole rings is 1. The molecular weight excluding hydrogens is 404 g/mol. The van der Waals surface area contributed by atoms with Gasteiger partial charge in [-0.2, -0.15) is 0 Å². The number of para-hydroxylation sites is 3. The number of nitrogens with one attached hydrogen (secondary N) is 1. The minimum atomic E-state index is -0.395. The third kappa shape index (κ3) is 5.46. The van der Waals surface area contributed by atoms with Gasteiger partial charge in [0.25, 0.3) is 5.91 Å². The minimum Gasteiger partial charge on any atom is -0.484 e. The molecule has 0 saturated heterocycles. The first-order chi connectivity index (χ1) is 15.3. The van der Waals surface area contributed by atoms with E-state index in [2.05, 4.69) is 5.32 Å². The van der Waals surface area contributed by atoms with Gasteiger partial charge in [-0.25, -0.2) is 4.98 Å². The quantitative estimate of drug-likeness (QED) is 0.551. The van der Waals surface area contributed by atoms with Crippen LogP contribution in [0.2, 0.25) is 0 Å². The van der Waals surface area contributed by atoms with E-state index in [-0.39, 0.29) is 37.0 Å². The molecule has 1 aromatic heterocycles. The van der Waals surface area contributed by atoms with Gasteiger partial charge >= 0.3 is 0 Å². The number of fused-ring (bicyclic) bond motifs is 1. The molecule has 0 aliphatic rings. The molecule has 0 saturated carbocycles. The lowest BCUT2D eigenvalue weighted by Gasteiger charge is -2.31. The molecule has 32 heavy (non-hydrogen) atoms. The first-order valence-corrected chi connectivity index (χ1v) is 11.0. The van der Waals surface area contributed by atoms with Crippen molar-refractivity contribution < 1.29 is 14.3 Å². The Hall–Kier alpha value is -3.35. The van der Waals surface area contributed by atoms with Crippen LogP contribution in [0.4, 0.5) is 0 Å². The molecule has 1 unspecified atom stereocenters. The molecule has 7 heteroatoms. The Balaban J connectivity index is 1.79. The zero-order valence-electron chi connectivity index (χ0n) is 19.4.